The highest BCUT2D eigenvalue weighted by Crippen LogP contribution is 2.42. The van der Waals surface area contributed by atoms with Crippen molar-refractivity contribution in [2.24, 2.45) is 5.73 Å². The highest BCUT2D eigenvalue weighted by Gasteiger charge is 2.37. The van der Waals surface area contributed by atoms with Crippen molar-refractivity contribution in [2.45, 2.75) is 24.2 Å². The molecule has 1 aliphatic carbocycles. The predicted octanol–water partition coefficient (Wildman–Crippen LogP) is 2.64. The monoisotopic (exact) mass is 427 g/mol. The number of benzene rings is 2. The first-order valence-electron chi connectivity index (χ1n) is 9.16. The van der Waals surface area contributed by atoms with Gasteiger partial charge >= 0.3 is 0 Å². The number of primary amides is 1. The van der Waals surface area contributed by atoms with Gasteiger partial charge in [0.1, 0.15) is 11.5 Å². The van der Waals surface area contributed by atoms with Crippen LogP contribution in [0.4, 0.5) is 10.7 Å². The number of hydrogen-bond donors (Lipinski definition) is 2. The second-order valence-electron chi connectivity index (χ2n) is 7.12. The number of aryl methyl sites for hydroxylation is 1. The molecule has 148 valence electrons. The van der Waals surface area contributed by atoms with Gasteiger partial charge in [-0.25, -0.2) is 8.42 Å². The Labute approximate surface area is 171 Å². The van der Waals surface area contributed by atoms with Gasteiger partial charge in [-0.2, -0.15) is 0 Å². The second kappa shape index (κ2) is 6.30. The SMILES string of the molecule is NC(=O)c1c(NC(=O)CN2c3cccc4cccc(c34)S2(=O)=O)sc2c1CCC2. The first-order chi connectivity index (χ1) is 13.9. The van der Waals surface area contributed by atoms with Crippen molar-refractivity contribution in [2.75, 3.05) is 16.2 Å². The quantitative estimate of drug-likeness (QED) is 0.667. The van der Waals surface area contributed by atoms with Gasteiger partial charge in [0.05, 0.1) is 16.1 Å². The van der Waals surface area contributed by atoms with Crippen LogP contribution >= 0.6 is 11.3 Å². The second-order valence-corrected chi connectivity index (χ2v) is 10.1. The van der Waals surface area contributed by atoms with Gasteiger partial charge in [-0.3, -0.25) is 13.9 Å². The van der Waals surface area contributed by atoms with Crippen molar-refractivity contribution >= 4 is 54.6 Å². The molecule has 2 aliphatic rings. The van der Waals surface area contributed by atoms with Gasteiger partial charge in [0, 0.05) is 10.3 Å². The summed E-state index contributed by atoms with van der Waals surface area (Å²) in [4.78, 5) is 25.9. The topological polar surface area (TPSA) is 110 Å². The van der Waals surface area contributed by atoms with E-state index in [-0.39, 0.29) is 11.4 Å². The predicted molar refractivity (Wildman–Crippen MR) is 112 cm³/mol. The summed E-state index contributed by atoms with van der Waals surface area (Å²) in [5, 5.41) is 4.54. The lowest BCUT2D eigenvalue weighted by Crippen LogP contribution is -2.35. The molecule has 1 aromatic heterocycles. The Kier molecular flexibility index (Phi) is 3.94. The third-order valence-corrected chi connectivity index (χ3v) is 8.40. The molecule has 9 heteroatoms. The molecule has 0 fully saturated rings. The van der Waals surface area contributed by atoms with Crippen LogP contribution in [0.1, 0.15) is 27.2 Å². The van der Waals surface area contributed by atoms with Crippen LogP contribution in [-0.2, 0) is 27.7 Å². The number of nitrogens with one attached hydrogen (secondary N) is 1. The van der Waals surface area contributed by atoms with Gasteiger partial charge in [0.2, 0.25) is 5.91 Å². The van der Waals surface area contributed by atoms with Crippen LogP contribution in [0.25, 0.3) is 10.8 Å². The molecule has 0 bridgehead atoms. The van der Waals surface area contributed by atoms with Crippen LogP contribution < -0.4 is 15.4 Å². The van der Waals surface area contributed by atoms with E-state index in [4.69, 9.17) is 5.73 Å². The minimum absolute atomic E-state index is 0.200. The van der Waals surface area contributed by atoms with Crippen molar-refractivity contribution in [1.29, 1.82) is 0 Å². The molecule has 3 aromatic rings. The highest BCUT2D eigenvalue weighted by atomic mass is 32.2. The van der Waals surface area contributed by atoms with Crippen molar-refractivity contribution < 1.29 is 18.0 Å². The summed E-state index contributed by atoms with van der Waals surface area (Å²) >= 11 is 1.34. The summed E-state index contributed by atoms with van der Waals surface area (Å²) in [5.41, 5.74) is 7.28. The van der Waals surface area contributed by atoms with E-state index in [0.717, 1.165) is 39.4 Å². The van der Waals surface area contributed by atoms with Gasteiger partial charge in [0.15, 0.2) is 0 Å². The Morgan fingerprint density at radius 2 is 1.90 bits per heavy atom. The number of sulfonamides is 1. The lowest BCUT2D eigenvalue weighted by atomic mass is 10.1. The maximum absolute atomic E-state index is 13.0. The number of thiophene rings is 1. The maximum Gasteiger partial charge on any atom is 0.265 e. The van der Waals surface area contributed by atoms with E-state index in [1.807, 2.05) is 12.1 Å². The van der Waals surface area contributed by atoms with E-state index in [0.29, 0.717) is 21.6 Å². The van der Waals surface area contributed by atoms with Crippen molar-refractivity contribution in [3.8, 4) is 0 Å². The zero-order chi connectivity index (χ0) is 20.3. The van der Waals surface area contributed by atoms with Crippen LogP contribution in [0.2, 0.25) is 0 Å². The fourth-order valence-electron chi connectivity index (χ4n) is 4.18. The summed E-state index contributed by atoms with van der Waals surface area (Å²) in [6.07, 6.45) is 2.58. The zero-order valence-corrected chi connectivity index (χ0v) is 16.9. The number of nitrogens with zero attached hydrogens (tertiary/aromatic N) is 1. The average molecular weight is 428 g/mol. The number of nitrogens with two attached hydrogens (primary N) is 1. The molecular formula is C20H17N3O4S2. The molecule has 2 aromatic carbocycles. The summed E-state index contributed by atoms with van der Waals surface area (Å²) in [6.45, 7) is -0.378. The molecule has 0 saturated heterocycles. The standard InChI is InChI=1S/C20H17N3O4S2/c21-19(25)18-12-6-3-8-14(12)28-20(18)22-16(24)10-23-13-7-1-4-11-5-2-9-15(17(11)13)29(23,26)27/h1-2,4-5,7,9H,3,6,8,10H2,(H2,21,25)(H,22,24). The molecule has 2 amide bonds. The van der Waals surface area contributed by atoms with Gasteiger partial charge in [-0.1, -0.05) is 24.3 Å². The molecule has 7 nitrogen and oxygen atoms in total. The first-order valence-corrected chi connectivity index (χ1v) is 11.4. The van der Waals surface area contributed by atoms with E-state index in [1.54, 1.807) is 24.3 Å². The number of carbonyl (C=O) groups is 2. The molecule has 29 heavy (non-hydrogen) atoms. The number of carbonyl (C=O) groups excluding carboxylic acids is 2. The Bertz CT molecular complexity index is 1310. The fraction of sp³-hybridized carbons (Fsp3) is 0.200. The minimum atomic E-state index is -3.82. The van der Waals surface area contributed by atoms with E-state index in [1.165, 1.54) is 11.3 Å². The fourth-order valence-corrected chi connectivity index (χ4v) is 7.16. The van der Waals surface area contributed by atoms with Crippen molar-refractivity contribution in [3.63, 3.8) is 0 Å². The highest BCUT2D eigenvalue weighted by molar-refractivity contribution is 7.93. The molecule has 0 spiro atoms. The van der Waals surface area contributed by atoms with Gasteiger partial charge in [-0.15, -0.1) is 11.3 Å². The Morgan fingerprint density at radius 1 is 1.14 bits per heavy atom. The lowest BCUT2D eigenvalue weighted by molar-refractivity contribution is -0.114. The molecular weight excluding hydrogens is 410 g/mol. The summed E-state index contributed by atoms with van der Waals surface area (Å²) in [7, 11) is -3.82. The summed E-state index contributed by atoms with van der Waals surface area (Å²) in [6, 6.07) is 10.4. The maximum atomic E-state index is 13.0. The van der Waals surface area contributed by atoms with Crippen molar-refractivity contribution in [3.05, 3.63) is 52.4 Å². The van der Waals surface area contributed by atoms with E-state index < -0.39 is 21.8 Å². The molecule has 0 atom stereocenters. The minimum Gasteiger partial charge on any atom is -0.365 e. The number of amides is 2. The average Bonchev–Trinajstić information content (AvgIpc) is 3.30. The molecule has 1 aliphatic heterocycles. The number of fused-ring (bicyclic) bond motifs is 1. The van der Waals surface area contributed by atoms with Gasteiger partial charge < -0.3 is 11.1 Å². The van der Waals surface area contributed by atoms with Crippen LogP contribution in [0.5, 0.6) is 0 Å². The molecule has 0 saturated carbocycles. The molecule has 5 rings (SSSR count). The normalized spacial score (nSPS) is 16.2. The van der Waals surface area contributed by atoms with Crippen LogP contribution in [0.3, 0.4) is 0 Å². The van der Waals surface area contributed by atoms with Gasteiger partial charge in [0.25, 0.3) is 15.9 Å². The van der Waals surface area contributed by atoms with E-state index in [2.05, 4.69) is 5.32 Å². The van der Waals surface area contributed by atoms with Gasteiger partial charge in [-0.05, 0) is 42.3 Å². The van der Waals surface area contributed by atoms with Crippen LogP contribution in [0.15, 0.2) is 41.3 Å². The number of hydrogen-bond acceptors (Lipinski definition) is 5. The Balaban J connectivity index is 1.47. The smallest absolute Gasteiger partial charge is 0.265 e. The molecule has 0 unspecified atom stereocenters. The van der Waals surface area contributed by atoms with E-state index in [9.17, 15) is 18.0 Å². The third-order valence-electron chi connectivity index (χ3n) is 5.39. The molecule has 2 heterocycles. The Morgan fingerprint density at radius 3 is 2.66 bits per heavy atom. The number of rotatable bonds is 4. The first kappa shape index (κ1) is 18.1. The van der Waals surface area contributed by atoms with Crippen LogP contribution in [-0.4, -0.2) is 26.8 Å². The Hall–Kier alpha value is -2.91. The summed E-state index contributed by atoms with van der Waals surface area (Å²) < 4.78 is 27.1. The third kappa shape index (κ3) is 2.65. The lowest BCUT2D eigenvalue weighted by Gasteiger charge is -2.18. The van der Waals surface area contributed by atoms with Crippen molar-refractivity contribution in [1.82, 2.24) is 0 Å². The van der Waals surface area contributed by atoms with E-state index >= 15 is 0 Å². The largest absolute Gasteiger partial charge is 0.365 e. The molecule has 0 radical (unpaired) electrons. The zero-order valence-electron chi connectivity index (χ0n) is 15.3. The number of anilines is 2. The van der Waals surface area contributed by atoms with Crippen LogP contribution in [0, 0.1) is 0 Å². The molecule has 3 N–H and O–H groups in total. The summed E-state index contributed by atoms with van der Waals surface area (Å²) in [5.74, 6) is -1.09.